The zero-order valence-corrected chi connectivity index (χ0v) is 40.6. The van der Waals surface area contributed by atoms with Crippen molar-refractivity contribution in [2.24, 2.45) is 0 Å². The average Bonchev–Trinajstić information content (AvgIpc) is 3.86. The van der Waals surface area contributed by atoms with E-state index in [0.29, 0.717) is 81.1 Å². The number of likely N-dealkylation sites (N-methyl/N-ethyl adjacent to an activating group) is 2. The number of amides is 4. The number of benzene rings is 3. The number of nitrogens with zero attached hydrogens (tertiary/aromatic N) is 6. The van der Waals surface area contributed by atoms with Gasteiger partial charge in [-0.15, -0.1) is 11.3 Å². The third-order valence-corrected chi connectivity index (χ3v) is 13.2. The lowest BCUT2D eigenvalue weighted by Gasteiger charge is -2.35. The highest BCUT2D eigenvalue weighted by Crippen LogP contribution is 2.32. The summed E-state index contributed by atoms with van der Waals surface area (Å²) in [6.45, 7) is 12.2. The normalized spacial score (nSPS) is 15.8. The minimum absolute atomic E-state index is 0.0636. The summed E-state index contributed by atoms with van der Waals surface area (Å²) in [6, 6.07) is 21.6. The predicted molar refractivity (Wildman–Crippen MR) is 267 cm³/mol. The first-order chi connectivity index (χ1) is 33.5. The van der Waals surface area contributed by atoms with Gasteiger partial charge < -0.3 is 39.8 Å². The molecule has 4 amide bonds. The van der Waals surface area contributed by atoms with Gasteiger partial charge in [0.05, 0.1) is 45.2 Å². The molecule has 3 aromatic carbocycles. The number of phenols is 1. The number of piperazine rings is 1. The van der Waals surface area contributed by atoms with Gasteiger partial charge in [-0.3, -0.25) is 34.3 Å². The Morgan fingerprint density at radius 1 is 0.870 bits per heavy atom. The summed E-state index contributed by atoms with van der Waals surface area (Å²) in [6.07, 6.45) is 4.07. The van der Waals surface area contributed by atoms with E-state index >= 15 is 0 Å². The van der Waals surface area contributed by atoms with E-state index in [-0.39, 0.29) is 29.9 Å². The molecule has 2 aliphatic heterocycles. The average molecular weight is 962 g/mol. The quantitative estimate of drug-likeness (QED) is 0.0474. The van der Waals surface area contributed by atoms with Gasteiger partial charge in [0.15, 0.2) is 5.13 Å². The second-order valence-electron chi connectivity index (χ2n) is 17.2. The molecule has 0 saturated carbocycles. The van der Waals surface area contributed by atoms with Crippen molar-refractivity contribution in [3.63, 3.8) is 0 Å². The van der Waals surface area contributed by atoms with Crippen LogP contribution in [0, 0.1) is 13.8 Å². The number of anilines is 3. The lowest BCUT2D eigenvalue weighted by Crippen LogP contribution is -2.53. The molecule has 18 heteroatoms. The molecule has 2 atom stereocenters. The molecule has 2 saturated heterocycles. The number of pyridine rings is 1. The number of aromatic nitrogens is 2. The number of carbonyl (C=O) groups excluding carboxylic acids is 4. The van der Waals surface area contributed by atoms with E-state index in [0.717, 1.165) is 66.4 Å². The number of ether oxygens (including phenoxy) is 3. The van der Waals surface area contributed by atoms with Gasteiger partial charge in [-0.1, -0.05) is 48.5 Å². The summed E-state index contributed by atoms with van der Waals surface area (Å²) >= 11 is 1.35. The van der Waals surface area contributed by atoms with E-state index in [1.807, 2.05) is 49.3 Å². The monoisotopic (exact) mass is 961 g/mol. The van der Waals surface area contributed by atoms with Crippen LogP contribution in [0.5, 0.6) is 5.75 Å². The maximum atomic E-state index is 13.5. The van der Waals surface area contributed by atoms with Crippen LogP contribution in [-0.4, -0.2) is 152 Å². The Bertz CT molecular complexity index is 2500. The molecule has 0 radical (unpaired) electrons. The summed E-state index contributed by atoms with van der Waals surface area (Å²) in [5, 5.41) is 21.5. The minimum Gasteiger partial charge on any atom is -0.508 e. The van der Waals surface area contributed by atoms with E-state index in [9.17, 15) is 24.3 Å². The number of hydrogen-bond donors (Lipinski definition) is 4. The molecule has 366 valence electrons. The standard InChI is InChI=1S/C51H63N9O8S/c1-35-8-7-10-41(46(35)50(65)58(4)42-15-17-45(62)55-48(42)63)52-18-25-66-27-29-68-30-28-67-26-24-59-20-22-60(23-21-59)44-16-14-38(33-54-44)37-12-13-39(36(2)32-37)34-57(3)47(40-9-5-6-11-43(40)61)49(64)56-51-53-19-31-69-51/h5-14,16,19,31-33,42,47,52,61H,15,17-18,20-30,34H2,1-4H3,(H,53,56,64)(H,55,62,63). The zero-order valence-electron chi connectivity index (χ0n) is 39.8. The second-order valence-corrected chi connectivity index (χ2v) is 18.1. The molecule has 2 unspecified atom stereocenters. The summed E-state index contributed by atoms with van der Waals surface area (Å²) in [5.74, 6) is -0.301. The smallest absolute Gasteiger partial charge is 0.256 e. The lowest BCUT2D eigenvalue weighted by atomic mass is 9.99. The number of carbonyl (C=O) groups is 4. The molecule has 5 aromatic rings. The molecule has 69 heavy (non-hydrogen) atoms. The Balaban J connectivity index is 0.756. The zero-order chi connectivity index (χ0) is 48.7. The number of piperidine rings is 1. The van der Waals surface area contributed by atoms with Gasteiger partial charge in [-0.2, -0.15) is 0 Å². The van der Waals surface area contributed by atoms with Crippen molar-refractivity contribution in [3.05, 3.63) is 118 Å². The third kappa shape index (κ3) is 13.7. The van der Waals surface area contributed by atoms with E-state index in [1.165, 1.54) is 16.2 Å². The SMILES string of the molecule is Cc1cc(-c2ccc(N3CCN(CCOCCOCCOCCNc4cccc(C)c4C(=O)N(C)C4CCC(=O)NC4=O)CC3)nc2)ccc1CN(C)C(C(=O)Nc1nccs1)c1ccccc1O. The minimum atomic E-state index is -0.735. The van der Waals surface area contributed by atoms with Crippen molar-refractivity contribution in [1.29, 1.82) is 0 Å². The maximum Gasteiger partial charge on any atom is 0.256 e. The van der Waals surface area contributed by atoms with Crippen LogP contribution in [0.4, 0.5) is 16.6 Å². The topological polar surface area (TPSA) is 191 Å². The summed E-state index contributed by atoms with van der Waals surface area (Å²) in [4.78, 5) is 68.1. The van der Waals surface area contributed by atoms with Crippen LogP contribution in [0.1, 0.15) is 51.5 Å². The first-order valence-corrected chi connectivity index (χ1v) is 24.2. The first kappa shape index (κ1) is 50.6. The van der Waals surface area contributed by atoms with Crippen LogP contribution in [0.25, 0.3) is 11.1 Å². The number of hydrogen-bond acceptors (Lipinski definition) is 15. The van der Waals surface area contributed by atoms with E-state index in [1.54, 1.807) is 36.8 Å². The number of aryl methyl sites for hydroxylation is 2. The van der Waals surface area contributed by atoms with E-state index in [4.69, 9.17) is 19.2 Å². The highest BCUT2D eigenvalue weighted by atomic mass is 32.1. The van der Waals surface area contributed by atoms with Gasteiger partial charge in [-0.05, 0) is 73.8 Å². The van der Waals surface area contributed by atoms with Crippen LogP contribution >= 0.6 is 11.3 Å². The molecule has 0 spiro atoms. The Labute approximate surface area is 407 Å². The summed E-state index contributed by atoms with van der Waals surface area (Å²) in [7, 11) is 3.48. The number of aromatic hydroxyl groups is 1. The third-order valence-electron chi connectivity index (χ3n) is 12.5. The Morgan fingerprint density at radius 2 is 1.61 bits per heavy atom. The fraction of sp³-hybridized carbons (Fsp3) is 0.412. The molecule has 2 fully saturated rings. The number of phenolic OH excluding ortho intramolecular Hbond substituents is 1. The van der Waals surface area contributed by atoms with Gasteiger partial charge in [0.25, 0.3) is 5.91 Å². The first-order valence-electron chi connectivity index (χ1n) is 23.4. The predicted octanol–water partition coefficient (Wildman–Crippen LogP) is 5.50. The van der Waals surface area contributed by atoms with Crippen LogP contribution in [0.3, 0.4) is 0 Å². The van der Waals surface area contributed by atoms with Crippen LogP contribution in [0.15, 0.2) is 90.6 Å². The Kier molecular flexibility index (Phi) is 18.2. The highest BCUT2D eigenvalue weighted by Gasteiger charge is 2.34. The lowest BCUT2D eigenvalue weighted by molar-refractivity contribution is -0.136. The van der Waals surface area contributed by atoms with Gasteiger partial charge in [0.2, 0.25) is 17.7 Å². The molecule has 2 aromatic heterocycles. The molecule has 0 aliphatic carbocycles. The van der Waals surface area contributed by atoms with Crippen molar-refractivity contribution >= 4 is 51.6 Å². The van der Waals surface area contributed by atoms with Crippen LogP contribution in [-0.2, 0) is 35.1 Å². The molecular weight excluding hydrogens is 899 g/mol. The second kappa shape index (κ2) is 24.8. The fourth-order valence-corrected chi connectivity index (χ4v) is 9.11. The molecule has 2 aliphatic rings. The Morgan fingerprint density at radius 3 is 2.30 bits per heavy atom. The summed E-state index contributed by atoms with van der Waals surface area (Å²) in [5.41, 5.74) is 6.71. The Hall–Kier alpha value is -6.28. The van der Waals surface area contributed by atoms with Crippen molar-refractivity contribution in [1.82, 2.24) is 30.0 Å². The molecular formula is C51H63N9O8S. The van der Waals surface area contributed by atoms with Gasteiger partial charge in [-0.25, -0.2) is 9.97 Å². The molecule has 17 nitrogen and oxygen atoms in total. The number of para-hydroxylation sites is 1. The number of thiazole rings is 1. The van der Waals surface area contributed by atoms with Gasteiger partial charge in [0.1, 0.15) is 23.7 Å². The highest BCUT2D eigenvalue weighted by molar-refractivity contribution is 7.13. The number of nitrogens with one attached hydrogen (secondary N) is 3. The number of rotatable bonds is 23. The summed E-state index contributed by atoms with van der Waals surface area (Å²) < 4.78 is 17.3. The van der Waals surface area contributed by atoms with Crippen LogP contribution in [0.2, 0.25) is 0 Å². The van der Waals surface area contributed by atoms with Crippen molar-refractivity contribution < 1.29 is 38.5 Å². The van der Waals surface area contributed by atoms with Crippen LogP contribution < -0.4 is 20.9 Å². The van der Waals surface area contributed by atoms with Crippen molar-refractivity contribution in [3.8, 4) is 16.9 Å². The molecule has 0 bridgehead atoms. The largest absolute Gasteiger partial charge is 0.508 e. The van der Waals surface area contributed by atoms with Crippen molar-refractivity contribution in [2.45, 2.75) is 45.3 Å². The van der Waals surface area contributed by atoms with Gasteiger partial charge in [0, 0.05) is 93.9 Å². The maximum absolute atomic E-state index is 13.5. The number of imide groups is 1. The molecule has 4 N–H and O–H groups in total. The van der Waals surface area contributed by atoms with E-state index < -0.39 is 18.0 Å². The van der Waals surface area contributed by atoms with Crippen molar-refractivity contribution in [2.75, 3.05) is 109 Å². The molecule has 7 rings (SSSR count). The molecule has 4 heterocycles. The fourth-order valence-electron chi connectivity index (χ4n) is 8.58. The van der Waals surface area contributed by atoms with E-state index in [2.05, 4.69) is 68.0 Å². The van der Waals surface area contributed by atoms with Gasteiger partial charge >= 0.3 is 0 Å².